The molecule has 0 bridgehead atoms. The van der Waals surface area contributed by atoms with E-state index in [0.717, 1.165) is 27.4 Å². The maximum absolute atomic E-state index is 12.6. The second-order valence-electron chi connectivity index (χ2n) is 6.75. The number of carbonyl (C=O) groups excluding carboxylic acids is 1. The first-order valence-electron chi connectivity index (χ1n) is 9.37. The molecule has 3 aromatic heterocycles. The lowest BCUT2D eigenvalue weighted by atomic mass is 10.1. The van der Waals surface area contributed by atoms with Crippen molar-refractivity contribution in [2.75, 3.05) is 5.43 Å². The minimum Gasteiger partial charge on any atom is -0.281 e. The summed E-state index contributed by atoms with van der Waals surface area (Å²) in [4.78, 5) is 30.4. The maximum Gasteiger partial charge on any atom is 0.289 e. The number of anilines is 1. The highest BCUT2D eigenvalue weighted by Gasteiger charge is 2.15. The van der Waals surface area contributed by atoms with Gasteiger partial charge in [0.05, 0.1) is 0 Å². The quantitative estimate of drug-likeness (QED) is 0.470. The van der Waals surface area contributed by atoms with Gasteiger partial charge in [0.25, 0.3) is 5.91 Å². The van der Waals surface area contributed by atoms with Gasteiger partial charge in [-0.05, 0) is 38.5 Å². The van der Waals surface area contributed by atoms with E-state index < -0.39 is 0 Å². The lowest BCUT2D eigenvalue weighted by Crippen LogP contribution is -2.30. The monoisotopic (exact) mass is 416 g/mol. The van der Waals surface area contributed by atoms with Crippen LogP contribution in [0.2, 0.25) is 0 Å². The summed E-state index contributed by atoms with van der Waals surface area (Å²) >= 11 is 1.44. The molecule has 4 aromatic rings. The van der Waals surface area contributed by atoms with Crippen molar-refractivity contribution in [3.63, 3.8) is 0 Å². The molecule has 0 aliphatic heterocycles. The minimum absolute atomic E-state index is 0.332. The van der Waals surface area contributed by atoms with Crippen LogP contribution < -0.4 is 10.9 Å². The molecule has 4 rings (SSSR count). The van der Waals surface area contributed by atoms with Crippen molar-refractivity contribution in [3.05, 3.63) is 76.6 Å². The number of nitrogens with one attached hydrogen (secondary N) is 2. The van der Waals surface area contributed by atoms with Crippen LogP contribution in [-0.4, -0.2) is 25.8 Å². The van der Waals surface area contributed by atoms with Gasteiger partial charge in [-0.3, -0.25) is 20.6 Å². The molecule has 0 fully saturated rings. The Kier molecular flexibility index (Phi) is 5.49. The fourth-order valence-electron chi connectivity index (χ4n) is 2.85. The summed E-state index contributed by atoms with van der Waals surface area (Å²) in [5.41, 5.74) is 10.4. The summed E-state index contributed by atoms with van der Waals surface area (Å²) in [5, 5.41) is 2.56. The Morgan fingerprint density at radius 2 is 1.77 bits per heavy atom. The summed E-state index contributed by atoms with van der Waals surface area (Å²) < 4.78 is 0. The van der Waals surface area contributed by atoms with Crippen LogP contribution in [0, 0.1) is 20.8 Å². The van der Waals surface area contributed by atoms with Gasteiger partial charge >= 0.3 is 0 Å². The van der Waals surface area contributed by atoms with E-state index in [1.807, 2.05) is 63.2 Å². The molecular formula is C22H20N6OS. The Hall–Kier alpha value is -3.65. The lowest BCUT2D eigenvalue weighted by molar-refractivity contribution is 0.0958. The van der Waals surface area contributed by atoms with Gasteiger partial charge in [0.1, 0.15) is 16.4 Å². The van der Waals surface area contributed by atoms with Crippen LogP contribution in [0.1, 0.15) is 27.3 Å². The SMILES string of the molecule is Cc1ccccc1-c1nc(C(=O)NNc2nc(-c3ccccn3)nc(C)c2C)cs1. The first-order chi connectivity index (χ1) is 14.5. The number of hydrogen-bond donors (Lipinski definition) is 2. The van der Waals surface area contributed by atoms with Crippen LogP contribution in [0.3, 0.4) is 0 Å². The second kappa shape index (κ2) is 8.38. The summed E-state index contributed by atoms with van der Waals surface area (Å²) in [5.74, 6) is 0.679. The molecule has 1 amide bonds. The van der Waals surface area contributed by atoms with Crippen molar-refractivity contribution in [1.82, 2.24) is 25.4 Å². The number of thiazole rings is 1. The summed E-state index contributed by atoms with van der Waals surface area (Å²) in [6.07, 6.45) is 1.69. The number of carbonyl (C=O) groups is 1. The van der Waals surface area contributed by atoms with Crippen LogP contribution in [0.25, 0.3) is 22.1 Å². The highest BCUT2D eigenvalue weighted by molar-refractivity contribution is 7.13. The van der Waals surface area contributed by atoms with Crippen LogP contribution in [0.15, 0.2) is 54.0 Å². The van der Waals surface area contributed by atoms with E-state index in [9.17, 15) is 4.79 Å². The fourth-order valence-corrected chi connectivity index (χ4v) is 3.74. The first-order valence-corrected chi connectivity index (χ1v) is 10.3. The summed E-state index contributed by atoms with van der Waals surface area (Å²) in [6.45, 7) is 5.81. The zero-order valence-electron chi connectivity index (χ0n) is 16.8. The van der Waals surface area contributed by atoms with Crippen LogP contribution in [0.5, 0.6) is 0 Å². The molecule has 0 aliphatic carbocycles. The molecule has 0 unspecified atom stereocenters. The van der Waals surface area contributed by atoms with E-state index in [2.05, 4.69) is 30.8 Å². The van der Waals surface area contributed by atoms with E-state index in [0.29, 0.717) is 23.0 Å². The van der Waals surface area contributed by atoms with Gasteiger partial charge in [-0.2, -0.15) is 0 Å². The number of hydrazine groups is 1. The maximum atomic E-state index is 12.6. The van der Waals surface area contributed by atoms with Crippen LogP contribution >= 0.6 is 11.3 Å². The highest BCUT2D eigenvalue weighted by atomic mass is 32.1. The molecule has 150 valence electrons. The van der Waals surface area contributed by atoms with Gasteiger partial charge in [-0.1, -0.05) is 30.3 Å². The average molecular weight is 417 g/mol. The molecule has 8 heteroatoms. The van der Waals surface area contributed by atoms with E-state index in [4.69, 9.17) is 0 Å². The van der Waals surface area contributed by atoms with Gasteiger partial charge in [-0.15, -0.1) is 11.3 Å². The predicted octanol–water partition coefficient (Wildman–Crippen LogP) is 4.34. The molecule has 30 heavy (non-hydrogen) atoms. The molecule has 1 aromatic carbocycles. The number of amides is 1. The number of aromatic nitrogens is 4. The van der Waals surface area contributed by atoms with Gasteiger partial charge in [0, 0.05) is 28.4 Å². The Morgan fingerprint density at radius 1 is 0.967 bits per heavy atom. The zero-order valence-corrected chi connectivity index (χ0v) is 17.6. The Morgan fingerprint density at radius 3 is 2.53 bits per heavy atom. The van der Waals surface area contributed by atoms with Crippen molar-refractivity contribution in [2.24, 2.45) is 0 Å². The van der Waals surface area contributed by atoms with Crippen molar-refractivity contribution in [1.29, 1.82) is 0 Å². The van der Waals surface area contributed by atoms with Gasteiger partial charge in [-0.25, -0.2) is 15.0 Å². The number of hydrogen-bond acceptors (Lipinski definition) is 7. The van der Waals surface area contributed by atoms with Gasteiger partial charge < -0.3 is 0 Å². The molecule has 3 heterocycles. The highest BCUT2D eigenvalue weighted by Crippen LogP contribution is 2.26. The van der Waals surface area contributed by atoms with Crippen molar-refractivity contribution < 1.29 is 4.79 Å². The molecular weight excluding hydrogens is 396 g/mol. The molecule has 0 radical (unpaired) electrons. The Balaban J connectivity index is 1.52. The molecule has 0 spiro atoms. The van der Waals surface area contributed by atoms with Gasteiger partial charge in [0.2, 0.25) is 0 Å². The van der Waals surface area contributed by atoms with Crippen LogP contribution in [0.4, 0.5) is 5.82 Å². The molecule has 0 saturated heterocycles. The number of pyridine rings is 1. The lowest BCUT2D eigenvalue weighted by Gasteiger charge is -2.12. The molecule has 0 atom stereocenters. The fraction of sp³-hybridized carbons (Fsp3) is 0.136. The molecule has 2 N–H and O–H groups in total. The Labute approximate surface area is 178 Å². The minimum atomic E-state index is -0.332. The van der Waals surface area contributed by atoms with E-state index in [-0.39, 0.29) is 5.91 Å². The molecule has 0 aliphatic rings. The third-order valence-corrected chi connectivity index (χ3v) is 5.57. The largest absolute Gasteiger partial charge is 0.289 e. The normalized spacial score (nSPS) is 10.6. The zero-order chi connectivity index (χ0) is 21.1. The topological polar surface area (TPSA) is 92.7 Å². The number of benzene rings is 1. The standard InChI is InChI=1S/C22H20N6OS/c1-13-8-4-5-9-16(13)22-25-18(12-30-22)21(29)28-27-19-14(2)15(3)24-20(26-19)17-10-6-7-11-23-17/h4-12H,1-3H3,(H,28,29)(H,24,26,27). The van der Waals surface area contributed by atoms with Crippen molar-refractivity contribution in [2.45, 2.75) is 20.8 Å². The molecule has 0 saturated carbocycles. The smallest absolute Gasteiger partial charge is 0.281 e. The number of nitrogens with zero attached hydrogens (tertiary/aromatic N) is 4. The summed E-state index contributed by atoms with van der Waals surface area (Å²) in [6, 6.07) is 13.5. The van der Waals surface area contributed by atoms with Crippen molar-refractivity contribution in [3.8, 4) is 22.1 Å². The van der Waals surface area contributed by atoms with E-state index in [1.165, 1.54) is 11.3 Å². The molecule has 7 nitrogen and oxygen atoms in total. The number of rotatable bonds is 5. The summed E-state index contributed by atoms with van der Waals surface area (Å²) in [7, 11) is 0. The third kappa shape index (κ3) is 4.04. The predicted molar refractivity (Wildman–Crippen MR) is 118 cm³/mol. The van der Waals surface area contributed by atoms with Crippen molar-refractivity contribution >= 4 is 23.1 Å². The van der Waals surface area contributed by atoms with Gasteiger partial charge in [0.15, 0.2) is 11.6 Å². The second-order valence-corrected chi connectivity index (χ2v) is 7.61. The van der Waals surface area contributed by atoms with Crippen LogP contribution in [-0.2, 0) is 0 Å². The average Bonchev–Trinajstić information content (AvgIpc) is 3.25. The Bertz CT molecular complexity index is 1210. The third-order valence-electron chi connectivity index (χ3n) is 4.69. The first kappa shape index (κ1) is 19.7. The van der Waals surface area contributed by atoms with E-state index >= 15 is 0 Å². The van der Waals surface area contributed by atoms with E-state index in [1.54, 1.807) is 11.6 Å². The number of aryl methyl sites for hydroxylation is 2.